The lowest BCUT2D eigenvalue weighted by molar-refractivity contribution is 0.0203. The molecule has 0 unspecified atom stereocenters. The predicted octanol–water partition coefficient (Wildman–Crippen LogP) is 2.08. The van der Waals surface area contributed by atoms with Crippen molar-refractivity contribution >= 4 is 11.7 Å². The first kappa shape index (κ1) is 14.8. The molecule has 1 aromatic rings. The smallest absolute Gasteiger partial charge is 0.319 e. The fourth-order valence-corrected chi connectivity index (χ4v) is 2.52. The molecular formula is C15H23N3O2. The van der Waals surface area contributed by atoms with Crippen LogP contribution in [0.25, 0.3) is 0 Å². The molecule has 1 fully saturated rings. The maximum absolute atomic E-state index is 11.9. The summed E-state index contributed by atoms with van der Waals surface area (Å²) in [4.78, 5) is 11.9. The highest BCUT2D eigenvalue weighted by Crippen LogP contribution is 2.40. The van der Waals surface area contributed by atoms with Gasteiger partial charge in [-0.1, -0.05) is 18.6 Å². The van der Waals surface area contributed by atoms with Crippen LogP contribution in [0, 0.1) is 5.41 Å². The Bertz CT molecular complexity index is 441. The first-order valence-corrected chi connectivity index (χ1v) is 7.00. The third-order valence-electron chi connectivity index (χ3n) is 3.94. The van der Waals surface area contributed by atoms with Crippen LogP contribution in [0.5, 0.6) is 0 Å². The minimum absolute atomic E-state index is 0.134. The van der Waals surface area contributed by atoms with Gasteiger partial charge in [0.2, 0.25) is 0 Å². The fourth-order valence-electron chi connectivity index (χ4n) is 2.52. The summed E-state index contributed by atoms with van der Waals surface area (Å²) >= 11 is 0. The number of hydrogen-bond acceptors (Lipinski definition) is 3. The van der Waals surface area contributed by atoms with Crippen LogP contribution in [0.15, 0.2) is 24.3 Å². The van der Waals surface area contributed by atoms with E-state index in [2.05, 4.69) is 10.6 Å². The molecule has 1 aliphatic carbocycles. The molecule has 110 valence electrons. The number of urea groups is 1. The molecule has 0 radical (unpaired) electrons. The maximum atomic E-state index is 11.9. The zero-order valence-corrected chi connectivity index (χ0v) is 11.9. The molecule has 0 heterocycles. The number of carbonyl (C=O) groups is 1. The van der Waals surface area contributed by atoms with E-state index in [-0.39, 0.29) is 11.4 Å². The van der Waals surface area contributed by atoms with Crippen molar-refractivity contribution in [3.63, 3.8) is 0 Å². The van der Waals surface area contributed by atoms with Gasteiger partial charge in [-0.05, 0) is 30.5 Å². The summed E-state index contributed by atoms with van der Waals surface area (Å²) < 4.78 is 5.24. The number of anilines is 1. The molecule has 0 aromatic heterocycles. The number of rotatable bonds is 6. The third-order valence-corrected chi connectivity index (χ3v) is 3.94. The van der Waals surface area contributed by atoms with Crippen LogP contribution in [0.1, 0.15) is 24.8 Å². The summed E-state index contributed by atoms with van der Waals surface area (Å²) in [6.45, 7) is 1.87. The number of carbonyl (C=O) groups excluding carboxylic acids is 1. The third kappa shape index (κ3) is 3.71. The molecule has 0 bridgehead atoms. The van der Waals surface area contributed by atoms with E-state index in [0.717, 1.165) is 24.1 Å². The fraction of sp³-hybridized carbons (Fsp3) is 0.533. The molecule has 0 atom stereocenters. The number of nitrogens with two attached hydrogens (primary N) is 1. The van der Waals surface area contributed by atoms with Crippen molar-refractivity contribution in [3.8, 4) is 0 Å². The summed E-state index contributed by atoms with van der Waals surface area (Å²) in [7, 11) is 1.71. The lowest BCUT2D eigenvalue weighted by Crippen LogP contribution is -2.46. The van der Waals surface area contributed by atoms with Gasteiger partial charge in [0, 0.05) is 31.3 Å². The van der Waals surface area contributed by atoms with E-state index in [1.807, 2.05) is 24.3 Å². The van der Waals surface area contributed by atoms with E-state index in [1.54, 1.807) is 7.11 Å². The molecule has 0 spiro atoms. The van der Waals surface area contributed by atoms with E-state index in [9.17, 15) is 4.79 Å². The van der Waals surface area contributed by atoms with Crippen LogP contribution in [0.2, 0.25) is 0 Å². The Labute approximate surface area is 119 Å². The van der Waals surface area contributed by atoms with Gasteiger partial charge in [-0.2, -0.15) is 0 Å². The van der Waals surface area contributed by atoms with Crippen LogP contribution in [-0.4, -0.2) is 26.3 Å². The molecule has 0 saturated heterocycles. The minimum Gasteiger partial charge on any atom is -0.384 e. The maximum Gasteiger partial charge on any atom is 0.319 e. The van der Waals surface area contributed by atoms with E-state index in [1.165, 1.54) is 6.42 Å². The zero-order chi connectivity index (χ0) is 14.4. The van der Waals surface area contributed by atoms with Crippen molar-refractivity contribution in [1.82, 2.24) is 5.32 Å². The van der Waals surface area contributed by atoms with Crippen molar-refractivity contribution in [3.05, 3.63) is 29.8 Å². The summed E-state index contributed by atoms with van der Waals surface area (Å²) in [5, 5.41) is 5.76. The van der Waals surface area contributed by atoms with Gasteiger partial charge in [-0.15, -0.1) is 0 Å². The average molecular weight is 277 g/mol. The van der Waals surface area contributed by atoms with Gasteiger partial charge in [-0.3, -0.25) is 0 Å². The number of hydrogen-bond donors (Lipinski definition) is 3. The summed E-state index contributed by atoms with van der Waals surface area (Å²) in [5.74, 6) is 0. The van der Waals surface area contributed by atoms with Crippen LogP contribution >= 0.6 is 0 Å². The molecule has 0 aliphatic heterocycles. The molecular weight excluding hydrogens is 254 g/mol. The van der Waals surface area contributed by atoms with Crippen molar-refractivity contribution in [2.24, 2.45) is 11.1 Å². The highest BCUT2D eigenvalue weighted by atomic mass is 16.5. The average Bonchev–Trinajstić information content (AvgIpc) is 2.42. The first-order chi connectivity index (χ1) is 9.67. The molecule has 1 aliphatic rings. The van der Waals surface area contributed by atoms with E-state index in [4.69, 9.17) is 10.5 Å². The van der Waals surface area contributed by atoms with Gasteiger partial charge < -0.3 is 21.1 Å². The molecule has 5 nitrogen and oxygen atoms in total. The standard InChI is InChI=1S/C15H23N3O2/c1-20-11-15(7-2-8-15)10-17-14(19)18-13-5-3-12(9-16)4-6-13/h3-6H,2,7-11,16H2,1H3,(H2,17,18,19). The molecule has 2 rings (SSSR count). The van der Waals surface area contributed by atoms with Crippen LogP contribution in [-0.2, 0) is 11.3 Å². The molecule has 20 heavy (non-hydrogen) atoms. The second-order valence-electron chi connectivity index (χ2n) is 5.50. The Kier molecular flexibility index (Phi) is 4.98. The summed E-state index contributed by atoms with van der Waals surface area (Å²) in [6, 6.07) is 7.36. The molecule has 1 saturated carbocycles. The first-order valence-electron chi connectivity index (χ1n) is 7.00. The van der Waals surface area contributed by atoms with E-state index < -0.39 is 0 Å². The van der Waals surface area contributed by atoms with Crippen molar-refractivity contribution in [2.75, 3.05) is 25.6 Å². The zero-order valence-electron chi connectivity index (χ0n) is 11.9. The van der Waals surface area contributed by atoms with Gasteiger partial charge in [0.15, 0.2) is 0 Å². The summed E-state index contributed by atoms with van der Waals surface area (Å²) in [5.41, 5.74) is 7.49. The number of ether oxygens (including phenoxy) is 1. The quantitative estimate of drug-likeness (QED) is 0.745. The molecule has 1 aromatic carbocycles. The number of nitrogens with one attached hydrogen (secondary N) is 2. The number of benzene rings is 1. The van der Waals surface area contributed by atoms with Crippen molar-refractivity contribution in [1.29, 1.82) is 0 Å². The molecule has 2 amide bonds. The normalized spacial score (nSPS) is 16.3. The molecule has 4 N–H and O–H groups in total. The highest BCUT2D eigenvalue weighted by molar-refractivity contribution is 5.89. The lowest BCUT2D eigenvalue weighted by Gasteiger charge is -2.41. The topological polar surface area (TPSA) is 76.4 Å². The predicted molar refractivity (Wildman–Crippen MR) is 79.5 cm³/mol. The Hall–Kier alpha value is -1.59. The second-order valence-corrected chi connectivity index (χ2v) is 5.50. The Morgan fingerprint density at radius 1 is 1.35 bits per heavy atom. The van der Waals surface area contributed by atoms with Gasteiger partial charge >= 0.3 is 6.03 Å². The Balaban J connectivity index is 1.79. The van der Waals surface area contributed by atoms with Crippen LogP contribution in [0.3, 0.4) is 0 Å². The van der Waals surface area contributed by atoms with Gasteiger partial charge in [0.1, 0.15) is 0 Å². The number of amides is 2. The van der Waals surface area contributed by atoms with Gasteiger partial charge in [-0.25, -0.2) is 4.79 Å². The largest absolute Gasteiger partial charge is 0.384 e. The lowest BCUT2D eigenvalue weighted by atomic mass is 9.69. The van der Waals surface area contributed by atoms with E-state index in [0.29, 0.717) is 19.7 Å². The minimum atomic E-state index is -0.173. The van der Waals surface area contributed by atoms with Crippen molar-refractivity contribution < 1.29 is 9.53 Å². The SMILES string of the molecule is COCC1(CNC(=O)Nc2ccc(CN)cc2)CCC1. The highest BCUT2D eigenvalue weighted by Gasteiger charge is 2.37. The van der Waals surface area contributed by atoms with Crippen molar-refractivity contribution in [2.45, 2.75) is 25.8 Å². The Morgan fingerprint density at radius 2 is 2.05 bits per heavy atom. The second kappa shape index (κ2) is 6.72. The van der Waals surface area contributed by atoms with Crippen LogP contribution < -0.4 is 16.4 Å². The summed E-state index contributed by atoms with van der Waals surface area (Å²) in [6.07, 6.45) is 3.45. The van der Waals surface area contributed by atoms with E-state index >= 15 is 0 Å². The molecule has 5 heteroatoms. The number of methoxy groups -OCH3 is 1. The van der Waals surface area contributed by atoms with Gasteiger partial charge in [0.25, 0.3) is 0 Å². The van der Waals surface area contributed by atoms with Crippen LogP contribution in [0.4, 0.5) is 10.5 Å². The Morgan fingerprint density at radius 3 is 2.55 bits per heavy atom. The monoisotopic (exact) mass is 277 g/mol. The van der Waals surface area contributed by atoms with Gasteiger partial charge in [0.05, 0.1) is 6.61 Å².